The topological polar surface area (TPSA) is 98.2 Å². The van der Waals surface area contributed by atoms with Crippen molar-refractivity contribution in [3.63, 3.8) is 0 Å². The number of amides is 1. The summed E-state index contributed by atoms with van der Waals surface area (Å²) >= 11 is 7.72. The van der Waals surface area contributed by atoms with Crippen LogP contribution in [0, 0.1) is 5.41 Å². The largest absolute Gasteiger partial charge is 0.493 e. The van der Waals surface area contributed by atoms with Gasteiger partial charge in [-0.2, -0.15) is 0 Å². The highest BCUT2D eigenvalue weighted by Gasteiger charge is 2.39. The predicted molar refractivity (Wildman–Crippen MR) is 147 cm³/mol. The average molecular weight is 559 g/mol. The molecule has 0 aliphatic carbocycles. The Kier molecular flexibility index (Phi) is 8.30. The van der Waals surface area contributed by atoms with Gasteiger partial charge in [-0.25, -0.2) is 9.78 Å². The van der Waals surface area contributed by atoms with Crippen LogP contribution >= 0.6 is 22.9 Å². The molecule has 1 aromatic heterocycles. The van der Waals surface area contributed by atoms with Crippen molar-refractivity contribution in [3.8, 4) is 11.5 Å². The third-order valence-electron chi connectivity index (χ3n) is 6.14. The molecule has 2 aromatic carbocycles. The van der Waals surface area contributed by atoms with Crippen LogP contribution in [0.1, 0.15) is 59.9 Å². The summed E-state index contributed by atoms with van der Waals surface area (Å²) in [7, 11) is 3.13. The van der Waals surface area contributed by atoms with Crippen LogP contribution in [0.25, 0.3) is 0 Å². The molecule has 0 saturated carbocycles. The zero-order valence-corrected chi connectivity index (χ0v) is 23.6. The van der Waals surface area contributed by atoms with Crippen LogP contribution in [0.2, 0.25) is 5.02 Å². The summed E-state index contributed by atoms with van der Waals surface area (Å²) < 4.78 is 17.9. The van der Waals surface area contributed by atoms with Gasteiger partial charge in [0.25, 0.3) is 5.91 Å². The number of rotatable bonds is 8. The Morgan fingerprint density at radius 2 is 1.95 bits per heavy atom. The fraction of sp³-hybridized carbons (Fsp3) is 0.393. The molecule has 0 bridgehead atoms. The van der Waals surface area contributed by atoms with Crippen LogP contribution in [-0.2, 0) is 16.0 Å². The van der Waals surface area contributed by atoms with Crippen LogP contribution in [-0.4, -0.2) is 48.8 Å². The van der Waals surface area contributed by atoms with Gasteiger partial charge in [-0.05, 0) is 36.1 Å². The van der Waals surface area contributed by atoms with Gasteiger partial charge in [0.1, 0.15) is 12.2 Å². The Morgan fingerprint density at radius 1 is 1.18 bits per heavy atom. The molecular weight excluding hydrogens is 528 g/mol. The fourth-order valence-electron chi connectivity index (χ4n) is 4.54. The van der Waals surface area contributed by atoms with Crippen LogP contribution in [0.3, 0.4) is 0 Å². The molecule has 0 spiro atoms. The maximum absolute atomic E-state index is 14.1. The van der Waals surface area contributed by atoms with E-state index >= 15 is 0 Å². The van der Waals surface area contributed by atoms with Crippen LogP contribution in [0.5, 0.6) is 11.5 Å². The first-order chi connectivity index (χ1) is 18.0. The van der Waals surface area contributed by atoms with E-state index in [0.717, 1.165) is 5.56 Å². The van der Waals surface area contributed by atoms with E-state index in [1.807, 2.05) is 24.3 Å². The number of aromatic nitrogens is 1. The second-order valence-corrected chi connectivity index (χ2v) is 11.6. The number of carbonyl (C=O) groups is 2. The van der Waals surface area contributed by atoms with Gasteiger partial charge in [0.2, 0.25) is 0 Å². The number of ether oxygens (including phenoxy) is 3. The first-order valence-corrected chi connectivity index (χ1v) is 13.4. The summed E-state index contributed by atoms with van der Waals surface area (Å²) in [6, 6.07) is 11.0. The number of carboxylic acid groups (broad SMARTS) is 1. The number of aryl methyl sites for hydroxylation is 1. The minimum Gasteiger partial charge on any atom is -0.493 e. The van der Waals surface area contributed by atoms with Crippen molar-refractivity contribution in [3.05, 3.63) is 68.6 Å². The van der Waals surface area contributed by atoms with Gasteiger partial charge in [0.05, 0.1) is 19.2 Å². The number of hydrogen-bond acceptors (Lipinski definition) is 7. The van der Waals surface area contributed by atoms with Gasteiger partial charge in [0, 0.05) is 40.2 Å². The minimum atomic E-state index is -1.08. The maximum Gasteiger partial charge on any atom is 0.355 e. The highest BCUT2D eigenvalue weighted by molar-refractivity contribution is 7.09. The zero-order valence-electron chi connectivity index (χ0n) is 22.0. The summed E-state index contributed by atoms with van der Waals surface area (Å²) in [5.41, 5.74) is 1.96. The second-order valence-electron chi connectivity index (χ2n) is 10.2. The smallest absolute Gasteiger partial charge is 0.355 e. The second kappa shape index (κ2) is 11.3. The summed E-state index contributed by atoms with van der Waals surface area (Å²) in [6.45, 7) is 6.68. The third-order valence-corrected chi connectivity index (χ3v) is 7.29. The molecule has 10 heteroatoms. The SMILES string of the molecule is COc1cccc([C@H]2O[C@H](CCc3nc(C(=O)O)cs3)C(=O)N(CC(C)(C)C)c3ccc(Cl)cc32)c1OC. The lowest BCUT2D eigenvalue weighted by Crippen LogP contribution is -2.43. The number of aromatic carboxylic acids is 1. The van der Waals surface area contributed by atoms with Gasteiger partial charge in [-0.3, -0.25) is 4.79 Å². The quantitative estimate of drug-likeness (QED) is 0.361. The molecule has 0 fully saturated rings. The van der Waals surface area contributed by atoms with E-state index < -0.39 is 18.2 Å². The Morgan fingerprint density at radius 3 is 2.58 bits per heavy atom. The van der Waals surface area contributed by atoms with E-state index in [4.69, 9.17) is 25.8 Å². The van der Waals surface area contributed by atoms with Crippen molar-refractivity contribution < 1.29 is 28.9 Å². The van der Waals surface area contributed by atoms with Crippen molar-refractivity contribution in [1.29, 1.82) is 0 Å². The molecule has 202 valence electrons. The number of halogens is 1. The van der Waals surface area contributed by atoms with Crippen molar-refractivity contribution >= 4 is 40.5 Å². The van der Waals surface area contributed by atoms with Crippen molar-refractivity contribution in [2.24, 2.45) is 5.41 Å². The number of nitrogens with zero attached hydrogens (tertiary/aromatic N) is 2. The number of benzene rings is 2. The number of anilines is 1. The molecule has 1 N–H and O–H groups in total. The number of para-hydroxylation sites is 1. The summed E-state index contributed by atoms with van der Waals surface area (Å²) in [5, 5.41) is 11.9. The number of thiazole rings is 1. The van der Waals surface area contributed by atoms with E-state index in [-0.39, 0.29) is 17.0 Å². The fourth-order valence-corrected chi connectivity index (χ4v) is 5.50. The summed E-state index contributed by atoms with van der Waals surface area (Å²) in [4.78, 5) is 31.3. The molecule has 1 aliphatic rings. The Hall–Kier alpha value is -3.14. The molecule has 38 heavy (non-hydrogen) atoms. The maximum atomic E-state index is 14.1. The van der Waals surface area contributed by atoms with Gasteiger partial charge in [-0.1, -0.05) is 44.5 Å². The zero-order chi connectivity index (χ0) is 27.6. The van der Waals surface area contributed by atoms with Gasteiger partial charge in [-0.15, -0.1) is 11.3 Å². The standard InChI is InChI=1S/C28H31ClN2O6S/c1-28(2,3)15-31-20-10-9-16(29)13-18(20)24(17-7-6-8-21(35-4)25(17)36-5)37-22(26(31)32)11-12-23-30-19(14-38-23)27(33)34/h6-10,13-14,22,24H,11-12,15H2,1-5H3,(H,33,34)/t22-,24-/m1/s1. The lowest BCUT2D eigenvalue weighted by atomic mass is 9.94. The summed E-state index contributed by atoms with van der Waals surface area (Å²) in [6.07, 6.45) is -0.812. The number of carboxylic acids is 1. The molecule has 2 heterocycles. The van der Waals surface area contributed by atoms with Crippen molar-refractivity contribution in [1.82, 2.24) is 4.98 Å². The molecular formula is C28H31ClN2O6S. The highest BCUT2D eigenvalue weighted by Crippen LogP contribution is 2.45. The van der Waals surface area contributed by atoms with Gasteiger partial charge in [0.15, 0.2) is 17.2 Å². The molecule has 1 amide bonds. The van der Waals surface area contributed by atoms with E-state index in [0.29, 0.717) is 52.2 Å². The molecule has 0 radical (unpaired) electrons. The van der Waals surface area contributed by atoms with E-state index in [9.17, 15) is 14.7 Å². The number of hydrogen-bond donors (Lipinski definition) is 1. The van der Waals surface area contributed by atoms with E-state index in [1.165, 1.54) is 16.7 Å². The molecule has 8 nitrogen and oxygen atoms in total. The monoisotopic (exact) mass is 558 g/mol. The molecule has 2 atom stereocenters. The Bertz CT molecular complexity index is 1340. The molecule has 0 saturated heterocycles. The van der Waals surface area contributed by atoms with Crippen LogP contribution in [0.15, 0.2) is 41.8 Å². The van der Waals surface area contributed by atoms with Gasteiger partial charge >= 0.3 is 5.97 Å². The minimum absolute atomic E-state index is 0.00601. The van der Waals surface area contributed by atoms with Crippen LogP contribution in [0.4, 0.5) is 5.69 Å². The Labute approximate surface area is 231 Å². The first kappa shape index (κ1) is 27.9. The molecule has 3 aromatic rings. The molecule has 1 aliphatic heterocycles. The van der Waals surface area contributed by atoms with Crippen LogP contribution < -0.4 is 14.4 Å². The molecule has 4 rings (SSSR count). The third kappa shape index (κ3) is 5.95. The number of methoxy groups -OCH3 is 2. The number of carbonyl (C=O) groups excluding carboxylic acids is 1. The number of fused-ring (bicyclic) bond motifs is 1. The van der Waals surface area contributed by atoms with Crippen molar-refractivity contribution in [2.75, 3.05) is 25.7 Å². The lowest BCUT2D eigenvalue weighted by Gasteiger charge is -2.31. The lowest BCUT2D eigenvalue weighted by molar-refractivity contribution is -0.132. The predicted octanol–water partition coefficient (Wildman–Crippen LogP) is 6.01. The highest BCUT2D eigenvalue weighted by atomic mass is 35.5. The first-order valence-electron chi connectivity index (χ1n) is 12.2. The Balaban J connectivity index is 1.82. The van der Waals surface area contributed by atoms with Gasteiger partial charge < -0.3 is 24.2 Å². The summed E-state index contributed by atoms with van der Waals surface area (Å²) in [5.74, 6) is -0.210. The van der Waals surface area contributed by atoms with Crippen molar-refractivity contribution in [2.45, 2.75) is 45.8 Å². The van der Waals surface area contributed by atoms with E-state index in [2.05, 4.69) is 25.8 Å². The average Bonchev–Trinajstić information content (AvgIpc) is 3.32. The van der Waals surface area contributed by atoms with E-state index in [1.54, 1.807) is 31.3 Å². The molecule has 0 unspecified atom stereocenters. The normalized spacial score (nSPS) is 17.6.